The Kier molecular flexibility index (Phi) is 3.70. The van der Waals surface area contributed by atoms with E-state index in [9.17, 15) is 0 Å². The third-order valence-corrected chi connectivity index (χ3v) is 3.24. The molecule has 0 aromatic rings. The van der Waals surface area contributed by atoms with Crippen molar-refractivity contribution in [1.82, 2.24) is 9.80 Å². The van der Waals surface area contributed by atoms with Crippen LogP contribution < -0.4 is 5.73 Å². The normalized spacial score (nSPS) is 29.0. The van der Waals surface area contributed by atoms with Crippen molar-refractivity contribution in [1.29, 1.82) is 0 Å². The molecule has 82 valence electrons. The van der Waals surface area contributed by atoms with Crippen LogP contribution >= 0.6 is 0 Å². The molecule has 0 aromatic heterocycles. The van der Waals surface area contributed by atoms with Crippen LogP contribution in [0.25, 0.3) is 0 Å². The number of rotatable bonds is 3. The van der Waals surface area contributed by atoms with Gasteiger partial charge >= 0.3 is 0 Å². The SMILES string of the molecule is C=CCN1CC(CN)N(C)C(C)(C)C1. The third kappa shape index (κ3) is 2.35. The minimum Gasteiger partial charge on any atom is -0.329 e. The molecule has 14 heavy (non-hydrogen) atoms. The van der Waals surface area contributed by atoms with Crippen LogP contribution in [0.5, 0.6) is 0 Å². The van der Waals surface area contributed by atoms with E-state index >= 15 is 0 Å². The average molecular weight is 197 g/mol. The minimum absolute atomic E-state index is 0.214. The van der Waals surface area contributed by atoms with Crippen LogP contribution in [-0.2, 0) is 0 Å². The zero-order valence-corrected chi connectivity index (χ0v) is 9.66. The molecule has 1 atom stereocenters. The average Bonchev–Trinajstić information content (AvgIpc) is 2.11. The van der Waals surface area contributed by atoms with Crippen LogP contribution in [0.4, 0.5) is 0 Å². The fraction of sp³-hybridized carbons (Fsp3) is 0.818. The first-order valence-corrected chi connectivity index (χ1v) is 5.27. The highest BCUT2D eigenvalue weighted by atomic mass is 15.3. The van der Waals surface area contributed by atoms with Crippen LogP contribution in [0.1, 0.15) is 13.8 Å². The second kappa shape index (κ2) is 4.43. The molecule has 3 heteroatoms. The van der Waals surface area contributed by atoms with Gasteiger partial charge in [-0.05, 0) is 20.9 Å². The molecule has 0 amide bonds. The summed E-state index contributed by atoms with van der Waals surface area (Å²) in [7, 11) is 2.17. The fourth-order valence-corrected chi connectivity index (χ4v) is 2.19. The van der Waals surface area contributed by atoms with E-state index in [1.165, 1.54) is 0 Å². The van der Waals surface area contributed by atoms with Gasteiger partial charge in [0.15, 0.2) is 0 Å². The maximum Gasteiger partial charge on any atom is 0.0348 e. The number of piperazine rings is 1. The van der Waals surface area contributed by atoms with Gasteiger partial charge in [0, 0.05) is 37.8 Å². The van der Waals surface area contributed by atoms with Gasteiger partial charge in [0.05, 0.1) is 0 Å². The molecule has 0 bridgehead atoms. The van der Waals surface area contributed by atoms with Gasteiger partial charge in [-0.1, -0.05) is 6.08 Å². The molecule has 1 unspecified atom stereocenters. The molecule has 0 aliphatic carbocycles. The maximum atomic E-state index is 5.78. The van der Waals surface area contributed by atoms with Gasteiger partial charge in [-0.15, -0.1) is 6.58 Å². The van der Waals surface area contributed by atoms with E-state index in [-0.39, 0.29) is 5.54 Å². The van der Waals surface area contributed by atoms with E-state index in [0.29, 0.717) is 6.04 Å². The maximum absolute atomic E-state index is 5.78. The minimum atomic E-state index is 0.214. The van der Waals surface area contributed by atoms with Crippen LogP contribution in [0.3, 0.4) is 0 Å². The monoisotopic (exact) mass is 197 g/mol. The summed E-state index contributed by atoms with van der Waals surface area (Å²) >= 11 is 0. The molecule has 0 radical (unpaired) electrons. The Morgan fingerprint density at radius 3 is 2.71 bits per heavy atom. The van der Waals surface area contributed by atoms with E-state index in [1.807, 2.05) is 6.08 Å². The van der Waals surface area contributed by atoms with Gasteiger partial charge in [-0.2, -0.15) is 0 Å². The predicted octanol–water partition coefficient (Wildman–Crippen LogP) is 0.526. The van der Waals surface area contributed by atoms with Gasteiger partial charge in [-0.3, -0.25) is 9.80 Å². The molecule has 1 aliphatic heterocycles. The summed E-state index contributed by atoms with van der Waals surface area (Å²) in [5.41, 5.74) is 5.99. The Balaban J connectivity index is 2.68. The molecule has 0 saturated carbocycles. The first-order chi connectivity index (χ1) is 6.51. The van der Waals surface area contributed by atoms with Crippen molar-refractivity contribution in [3.8, 4) is 0 Å². The van der Waals surface area contributed by atoms with Crippen molar-refractivity contribution in [2.45, 2.75) is 25.4 Å². The lowest BCUT2D eigenvalue weighted by atomic mass is 9.95. The predicted molar refractivity (Wildman–Crippen MR) is 61.3 cm³/mol. The Hall–Kier alpha value is -0.380. The molecule has 1 aliphatic rings. The van der Waals surface area contributed by atoms with Crippen molar-refractivity contribution in [3.63, 3.8) is 0 Å². The lowest BCUT2D eigenvalue weighted by molar-refractivity contribution is 0.00240. The van der Waals surface area contributed by atoms with Gasteiger partial charge in [0.1, 0.15) is 0 Å². The summed E-state index contributed by atoms with van der Waals surface area (Å²) in [4.78, 5) is 4.82. The van der Waals surface area contributed by atoms with Crippen molar-refractivity contribution >= 4 is 0 Å². The fourth-order valence-electron chi connectivity index (χ4n) is 2.19. The molecule has 2 N–H and O–H groups in total. The van der Waals surface area contributed by atoms with E-state index in [0.717, 1.165) is 26.2 Å². The smallest absolute Gasteiger partial charge is 0.0348 e. The van der Waals surface area contributed by atoms with Crippen molar-refractivity contribution in [2.75, 3.05) is 33.2 Å². The second-order valence-electron chi connectivity index (χ2n) is 4.80. The summed E-state index contributed by atoms with van der Waals surface area (Å²) in [5.74, 6) is 0. The molecule has 3 nitrogen and oxygen atoms in total. The van der Waals surface area contributed by atoms with E-state index < -0.39 is 0 Å². The number of likely N-dealkylation sites (N-methyl/N-ethyl adjacent to an activating group) is 1. The van der Waals surface area contributed by atoms with Crippen molar-refractivity contribution < 1.29 is 0 Å². The molecule has 1 saturated heterocycles. The van der Waals surface area contributed by atoms with Gasteiger partial charge < -0.3 is 5.73 Å². The van der Waals surface area contributed by atoms with E-state index in [4.69, 9.17) is 5.73 Å². The Labute approximate surface area is 87.6 Å². The summed E-state index contributed by atoms with van der Waals surface area (Å²) < 4.78 is 0. The number of hydrogen-bond donors (Lipinski definition) is 1. The van der Waals surface area contributed by atoms with Crippen LogP contribution in [0.15, 0.2) is 12.7 Å². The highest BCUT2D eigenvalue weighted by molar-refractivity contribution is 4.95. The van der Waals surface area contributed by atoms with E-state index in [2.05, 4.69) is 37.3 Å². The molecular formula is C11H23N3. The summed E-state index contributed by atoms with van der Waals surface area (Å²) in [6.07, 6.45) is 1.97. The highest BCUT2D eigenvalue weighted by Gasteiger charge is 2.36. The molecular weight excluding hydrogens is 174 g/mol. The lowest BCUT2D eigenvalue weighted by Crippen LogP contribution is -2.64. The summed E-state index contributed by atoms with van der Waals surface area (Å²) in [5, 5.41) is 0. The van der Waals surface area contributed by atoms with Gasteiger partial charge in [0.25, 0.3) is 0 Å². The Morgan fingerprint density at radius 2 is 2.21 bits per heavy atom. The van der Waals surface area contributed by atoms with Crippen molar-refractivity contribution in [3.05, 3.63) is 12.7 Å². The molecule has 0 spiro atoms. The topological polar surface area (TPSA) is 32.5 Å². The van der Waals surface area contributed by atoms with Crippen LogP contribution in [0.2, 0.25) is 0 Å². The third-order valence-electron chi connectivity index (χ3n) is 3.24. The van der Waals surface area contributed by atoms with Crippen molar-refractivity contribution in [2.24, 2.45) is 5.73 Å². The van der Waals surface area contributed by atoms with Crippen LogP contribution in [0, 0.1) is 0 Å². The molecule has 1 rings (SSSR count). The molecule has 1 fully saturated rings. The zero-order chi connectivity index (χ0) is 10.8. The number of hydrogen-bond acceptors (Lipinski definition) is 3. The Bertz CT molecular complexity index is 201. The highest BCUT2D eigenvalue weighted by Crippen LogP contribution is 2.22. The summed E-state index contributed by atoms with van der Waals surface area (Å²) in [6, 6.07) is 0.471. The number of nitrogens with zero attached hydrogens (tertiary/aromatic N) is 2. The molecule has 0 aromatic carbocycles. The molecule has 1 heterocycles. The second-order valence-corrected chi connectivity index (χ2v) is 4.80. The van der Waals surface area contributed by atoms with E-state index in [1.54, 1.807) is 0 Å². The first-order valence-electron chi connectivity index (χ1n) is 5.27. The summed E-state index contributed by atoms with van der Waals surface area (Å²) in [6.45, 7) is 12.2. The quantitative estimate of drug-likeness (QED) is 0.670. The van der Waals surface area contributed by atoms with Gasteiger partial charge in [-0.25, -0.2) is 0 Å². The van der Waals surface area contributed by atoms with Crippen LogP contribution in [-0.4, -0.2) is 54.6 Å². The standard InChI is InChI=1S/C11H23N3/c1-5-6-14-8-10(7-12)13(4)11(2,3)9-14/h5,10H,1,6-9,12H2,2-4H3. The van der Waals surface area contributed by atoms with Gasteiger partial charge in [0.2, 0.25) is 0 Å². The zero-order valence-electron chi connectivity index (χ0n) is 9.66. The first kappa shape index (κ1) is 11.7. The number of nitrogens with two attached hydrogens (primary N) is 1. The Morgan fingerprint density at radius 1 is 1.57 bits per heavy atom. The largest absolute Gasteiger partial charge is 0.329 e. The lowest BCUT2D eigenvalue weighted by Gasteiger charge is -2.49.